The van der Waals surface area contributed by atoms with Crippen molar-refractivity contribution in [3.63, 3.8) is 0 Å². The van der Waals surface area contributed by atoms with E-state index in [-0.39, 0.29) is 17.8 Å². The van der Waals surface area contributed by atoms with E-state index in [4.69, 9.17) is 38.0 Å². The minimum atomic E-state index is -0.748. The highest BCUT2D eigenvalue weighted by Crippen LogP contribution is 2.39. The average Bonchev–Trinajstić information content (AvgIpc) is 3.14. The van der Waals surface area contributed by atoms with Gasteiger partial charge in [0, 0.05) is 31.3 Å². The van der Waals surface area contributed by atoms with Gasteiger partial charge in [-0.05, 0) is 98.5 Å². The Morgan fingerprint density at radius 3 is 1.67 bits per heavy atom. The number of benzene rings is 4. The van der Waals surface area contributed by atoms with Gasteiger partial charge in [-0.15, -0.1) is 5.06 Å². The van der Waals surface area contributed by atoms with Crippen LogP contribution in [0.4, 0.5) is 4.79 Å². The molecule has 0 bridgehead atoms. The van der Waals surface area contributed by atoms with E-state index in [9.17, 15) is 4.79 Å². The lowest BCUT2D eigenvalue weighted by molar-refractivity contribution is -0.177. The van der Waals surface area contributed by atoms with Crippen molar-refractivity contribution in [2.75, 3.05) is 53.7 Å². The Balaban J connectivity index is 1.31. The number of carbonyl (C=O) groups excluding carboxylic acids is 1. The standard InChI is InChI=1S/C42H51NO9/c1-42(2,3)51-41(44)52-43-26-33(29-49-38-20-16-35(45-4)17-21-38)40(34(27-43)30-50-39-22-18-36(46-5)19-23-39)32-12-14-37(15-13-32)48-25-9-24-47-28-31-10-7-6-8-11-31/h6-8,10-23,33-34,40H,9,24-30H2,1-5H3/t33-,34+,40?. The molecular formula is C42H51NO9. The molecule has 5 rings (SSSR count). The second-order valence-electron chi connectivity index (χ2n) is 13.7. The summed E-state index contributed by atoms with van der Waals surface area (Å²) in [5, 5.41) is 1.67. The largest absolute Gasteiger partial charge is 0.528 e. The molecule has 1 unspecified atom stereocenters. The number of piperidine rings is 1. The van der Waals surface area contributed by atoms with Gasteiger partial charge >= 0.3 is 6.16 Å². The number of ether oxygens (including phenoxy) is 7. The minimum Gasteiger partial charge on any atom is -0.497 e. The van der Waals surface area contributed by atoms with Gasteiger partial charge in [0.2, 0.25) is 0 Å². The topological polar surface area (TPSA) is 94.2 Å². The van der Waals surface area contributed by atoms with Crippen LogP contribution in [0.1, 0.15) is 44.2 Å². The summed E-state index contributed by atoms with van der Waals surface area (Å²) in [7, 11) is 3.27. The van der Waals surface area contributed by atoms with E-state index >= 15 is 0 Å². The summed E-state index contributed by atoms with van der Waals surface area (Å²) in [6.07, 6.45) is 0.0304. The predicted octanol–water partition coefficient (Wildman–Crippen LogP) is 8.35. The van der Waals surface area contributed by atoms with Crippen LogP contribution in [0.5, 0.6) is 28.7 Å². The summed E-state index contributed by atoms with van der Waals surface area (Å²) in [6, 6.07) is 33.4. The van der Waals surface area contributed by atoms with Crippen LogP contribution in [-0.2, 0) is 20.9 Å². The Morgan fingerprint density at radius 1 is 0.654 bits per heavy atom. The molecule has 4 aromatic carbocycles. The molecule has 0 saturated carbocycles. The lowest BCUT2D eigenvalue weighted by Crippen LogP contribution is -2.49. The van der Waals surface area contributed by atoms with E-state index in [1.807, 2.05) is 99.6 Å². The van der Waals surface area contributed by atoms with Crippen LogP contribution in [-0.4, -0.2) is 70.6 Å². The highest BCUT2D eigenvalue weighted by molar-refractivity contribution is 5.60. The summed E-state index contributed by atoms with van der Waals surface area (Å²) in [6.45, 7) is 8.77. The molecule has 10 nitrogen and oxygen atoms in total. The normalized spacial score (nSPS) is 17.5. The fourth-order valence-corrected chi connectivity index (χ4v) is 6.17. The van der Waals surface area contributed by atoms with Crippen LogP contribution in [0.2, 0.25) is 0 Å². The van der Waals surface area contributed by atoms with Gasteiger partial charge < -0.3 is 38.0 Å². The number of carbonyl (C=O) groups is 1. The lowest BCUT2D eigenvalue weighted by Gasteiger charge is -2.42. The van der Waals surface area contributed by atoms with Gasteiger partial charge in [-0.2, -0.15) is 0 Å². The number of hydroxylamine groups is 2. The minimum absolute atomic E-state index is 0.00424. The van der Waals surface area contributed by atoms with Gasteiger partial charge in [-0.3, -0.25) is 0 Å². The molecule has 1 fully saturated rings. The molecule has 278 valence electrons. The Hall–Kier alpha value is -4.93. The van der Waals surface area contributed by atoms with Crippen molar-refractivity contribution in [1.82, 2.24) is 5.06 Å². The van der Waals surface area contributed by atoms with Crippen molar-refractivity contribution < 1.29 is 42.8 Å². The molecule has 10 heteroatoms. The van der Waals surface area contributed by atoms with E-state index in [1.54, 1.807) is 19.3 Å². The summed E-state index contributed by atoms with van der Waals surface area (Å²) in [5.41, 5.74) is 1.58. The first-order valence-electron chi connectivity index (χ1n) is 17.7. The molecule has 0 spiro atoms. The highest BCUT2D eigenvalue weighted by Gasteiger charge is 2.41. The van der Waals surface area contributed by atoms with Crippen LogP contribution in [0.3, 0.4) is 0 Å². The first kappa shape index (κ1) is 38.3. The molecule has 4 aromatic rings. The highest BCUT2D eigenvalue weighted by atomic mass is 16.8. The van der Waals surface area contributed by atoms with Gasteiger partial charge in [0.05, 0.1) is 47.3 Å². The maximum Gasteiger partial charge on any atom is 0.528 e. The fourth-order valence-electron chi connectivity index (χ4n) is 6.17. The van der Waals surface area contributed by atoms with Crippen molar-refractivity contribution in [3.8, 4) is 28.7 Å². The first-order valence-corrected chi connectivity index (χ1v) is 17.7. The quantitative estimate of drug-likeness (QED) is 0.0785. The van der Waals surface area contributed by atoms with E-state index < -0.39 is 11.8 Å². The Kier molecular flexibility index (Phi) is 14.0. The third-order valence-corrected chi connectivity index (χ3v) is 8.61. The Labute approximate surface area is 307 Å². The second kappa shape index (κ2) is 19.1. The molecule has 0 aromatic heterocycles. The SMILES string of the molecule is COc1ccc(OC[C@@H]2CN(OC(=O)OC(C)(C)C)C[C@H](COc3ccc(OC)cc3)C2c2ccc(OCCCOCc3ccccc3)cc2)cc1. The van der Waals surface area contributed by atoms with Gasteiger partial charge in [-0.1, -0.05) is 42.5 Å². The number of methoxy groups -OCH3 is 2. The second-order valence-corrected chi connectivity index (χ2v) is 13.7. The van der Waals surface area contributed by atoms with Gasteiger partial charge in [0.1, 0.15) is 34.3 Å². The molecule has 0 amide bonds. The summed E-state index contributed by atoms with van der Waals surface area (Å²) in [4.78, 5) is 18.6. The number of rotatable bonds is 17. The molecule has 1 aliphatic heterocycles. The summed E-state index contributed by atoms with van der Waals surface area (Å²) >= 11 is 0. The molecule has 0 radical (unpaired) electrons. The van der Waals surface area contributed by atoms with E-state index in [2.05, 4.69) is 24.3 Å². The third-order valence-electron chi connectivity index (χ3n) is 8.61. The van der Waals surface area contributed by atoms with Gasteiger partial charge in [-0.25, -0.2) is 4.79 Å². The van der Waals surface area contributed by atoms with Crippen molar-refractivity contribution in [2.45, 2.75) is 45.3 Å². The molecule has 3 atom stereocenters. The van der Waals surface area contributed by atoms with Gasteiger partial charge in [0.15, 0.2) is 0 Å². The Bertz CT molecular complexity index is 1560. The van der Waals surface area contributed by atoms with E-state index in [0.717, 1.165) is 34.8 Å². The van der Waals surface area contributed by atoms with Gasteiger partial charge in [0.25, 0.3) is 0 Å². The smallest absolute Gasteiger partial charge is 0.497 e. The van der Waals surface area contributed by atoms with Crippen molar-refractivity contribution in [3.05, 3.63) is 114 Å². The van der Waals surface area contributed by atoms with E-state index in [0.29, 0.717) is 57.6 Å². The molecule has 1 aliphatic rings. The summed E-state index contributed by atoms with van der Waals surface area (Å²) in [5.74, 6) is 3.53. The zero-order valence-corrected chi connectivity index (χ0v) is 30.8. The van der Waals surface area contributed by atoms with Crippen LogP contribution in [0, 0.1) is 11.8 Å². The number of nitrogens with zero attached hydrogens (tertiary/aromatic N) is 1. The Morgan fingerprint density at radius 2 is 1.15 bits per heavy atom. The molecule has 1 heterocycles. The molecule has 1 saturated heterocycles. The zero-order valence-electron chi connectivity index (χ0n) is 30.8. The van der Waals surface area contributed by atoms with Crippen molar-refractivity contribution >= 4 is 6.16 Å². The maximum absolute atomic E-state index is 12.8. The van der Waals surface area contributed by atoms with Crippen LogP contribution in [0.15, 0.2) is 103 Å². The fraction of sp³-hybridized carbons (Fsp3) is 0.405. The molecular weight excluding hydrogens is 662 g/mol. The van der Waals surface area contributed by atoms with Crippen molar-refractivity contribution in [2.24, 2.45) is 11.8 Å². The third kappa shape index (κ3) is 12.1. The monoisotopic (exact) mass is 713 g/mol. The predicted molar refractivity (Wildman–Crippen MR) is 198 cm³/mol. The first-order chi connectivity index (χ1) is 25.2. The number of hydrogen-bond acceptors (Lipinski definition) is 10. The van der Waals surface area contributed by atoms with Crippen LogP contribution < -0.4 is 23.7 Å². The zero-order chi connectivity index (χ0) is 36.8. The maximum atomic E-state index is 12.8. The number of hydrogen-bond donors (Lipinski definition) is 0. The van der Waals surface area contributed by atoms with Crippen LogP contribution >= 0.6 is 0 Å². The molecule has 0 aliphatic carbocycles. The van der Waals surface area contributed by atoms with Crippen molar-refractivity contribution in [1.29, 1.82) is 0 Å². The van der Waals surface area contributed by atoms with E-state index in [1.165, 1.54) is 0 Å². The summed E-state index contributed by atoms with van der Waals surface area (Å²) < 4.78 is 40.7. The van der Waals surface area contributed by atoms with Crippen LogP contribution in [0.25, 0.3) is 0 Å². The molecule has 52 heavy (non-hydrogen) atoms. The average molecular weight is 714 g/mol. The lowest BCUT2D eigenvalue weighted by atomic mass is 9.74. The molecule has 0 N–H and O–H groups in total.